The second-order valence-electron chi connectivity index (χ2n) is 3.01. The van der Waals surface area contributed by atoms with Crippen molar-refractivity contribution in [3.63, 3.8) is 0 Å². The molecule has 0 atom stereocenters. The van der Waals surface area contributed by atoms with E-state index < -0.39 is 0 Å². The van der Waals surface area contributed by atoms with Gasteiger partial charge in [-0.25, -0.2) is 0 Å². The molecule has 0 N–H and O–H groups in total. The third kappa shape index (κ3) is 2.12. The van der Waals surface area contributed by atoms with E-state index in [1.54, 1.807) is 6.07 Å². The zero-order chi connectivity index (χ0) is 10.8. The van der Waals surface area contributed by atoms with Gasteiger partial charge in [-0.15, -0.1) is 0 Å². The second-order valence-corrected chi connectivity index (χ2v) is 4.17. The summed E-state index contributed by atoms with van der Waals surface area (Å²) in [5.74, 6) is 0. The van der Waals surface area contributed by atoms with Crippen LogP contribution >= 0.6 is 34.8 Å². The summed E-state index contributed by atoms with van der Waals surface area (Å²) in [6.07, 6.45) is 0. The summed E-state index contributed by atoms with van der Waals surface area (Å²) in [6, 6.07) is 14.0. The Labute approximate surface area is 103 Å². The molecule has 0 fully saturated rings. The van der Waals surface area contributed by atoms with Gasteiger partial charge in [-0.1, -0.05) is 65.1 Å². The molecule has 0 aliphatic carbocycles. The Balaban J connectivity index is 2.68. The molecule has 2 rings (SSSR count). The minimum absolute atomic E-state index is 0.458. The van der Waals surface area contributed by atoms with Gasteiger partial charge < -0.3 is 0 Å². The predicted molar refractivity (Wildman–Crippen MR) is 65.7 cm³/mol. The summed E-state index contributed by atoms with van der Waals surface area (Å²) < 4.78 is 0. The van der Waals surface area contributed by atoms with Crippen LogP contribution in [0.1, 0.15) is 0 Å². The Kier molecular flexibility index (Phi) is 3.20. The van der Waals surface area contributed by atoms with Crippen molar-refractivity contribution in [3.8, 4) is 11.1 Å². The van der Waals surface area contributed by atoms with Gasteiger partial charge in [-0.3, -0.25) is 0 Å². The molecule has 15 heavy (non-hydrogen) atoms. The topological polar surface area (TPSA) is 0 Å². The van der Waals surface area contributed by atoms with Gasteiger partial charge in [-0.05, 0) is 11.6 Å². The van der Waals surface area contributed by atoms with Crippen molar-refractivity contribution in [2.75, 3.05) is 0 Å². The lowest BCUT2D eigenvalue weighted by atomic mass is 10.1. The average Bonchev–Trinajstić information content (AvgIpc) is 2.26. The first-order valence-electron chi connectivity index (χ1n) is 4.30. The molecule has 0 nitrogen and oxygen atoms in total. The van der Waals surface area contributed by atoms with Crippen LogP contribution in [0.4, 0.5) is 0 Å². The Morgan fingerprint density at radius 1 is 0.933 bits per heavy atom. The molecule has 75 valence electrons. The van der Waals surface area contributed by atoms with Crippen LogP contribution in [0.25, 0.3) is 11.1 Å². The van der Waals surface area contributed by atoms with Crippen molar-refractivity contribution in [2.24, 2.45) is 0 Å². The molecule has 0 bridgehead atoms. The van der Waals surface area contributed by atoms with Crippen molar-refractivity contribution in [2.45, 2.75) is 0 Å². The van der Waals surface area contributed by atoms with E-state index in [-0.39, 0.29) is 0 Å². The molecule has 0 aliphatic heterocycles. The normalized spacial score (nSPS) is 10.3. The van der Waals surface area contributed by atoms with Crippen LogP contribution in [0.5, 0.6) is 0 Å². The first-order chi connectivity index (χ1) is 7.20. The van der Waals surface area contributed by atoms with Crippen LogP contribution in [0.3, 0.4) is 0 Å². The molecule has 0 aliphatic rings. The summed E-state index contributed by atoms with van der Waals surface area (Å²) >= 11 is 18.0. The molecule has 0 heterocycles. The fourth-order valence-corrected chi connectivity index (χ4v) is 2.05. The lowest BCUT2D eigenvalue weighted by Gasteiger charge is -2.07. The van der Waals surface area contributed by atoms with Gasteiger partial charge in [0.1, 0.15) is 0 Å². The summed E-state index contributed by atoms with van der Waals surface area (Å²) in [5.41, 5.74) is 1.66. The summed E-state index contributed by atoms with van der Waals surface area (Å²) in [6.45, 7) is 0. The van der Waals surface area contributed by atoms with Gasteiger partial charge in [0, 0.05) is 11.6 Å². The Bertz CT molecular complexity index is 478. The van der Waals surface area contributed by atoms with Gasteiger partial charge in [0.25, 0.3) is 0 Å². The van der Waals surface area contributed by atoms with Crippen molar-refractivity contribution < 1.29 is 0 Å². The van der Waals surface area contributed by atoms with Crippen LogP contribution in [0.15, 0.2) is 36.4 Å². The highest BCUT2D eigenvalue weighted by molar-refractivity contribution is 6.46. The van der Waals surface area contributed by atoms with Crippen LogP contribution in [-0.4, -0.2) is 0 Å². The van der Waals surface area contributed by atoms with Crippen LogP contribution in [0, 0.1) is 6.07 Å². The van der Waals surface area contributed by atoms with Crippen molar-refractivity contribution >= 4 is 34.8 Å². The molecule has 0 amide bonds. The lowest BCUT2D eigenvalue weighted by Crippen LogP contribution is -1.82. The first kappa shape index (κ1) is 10.8. The molecule has 0 spiro atoms. The maximum Gasteiger partial charge on any atom is 0.0686 e. The van der Waals surface area contributed by atoms with E-state index in [0.717, 1.165) is 11.1 Å². The molecular formula is C12H6Cl3. The van der Waals surface area contributed by atoms with E-state index in [1.807, 2.05) is 30.3 Å². The van der Waals surface area contributed by atoms with Gasteiger partial charge in [-0.2, -0.15) is 0 Å². The summed E-state index contributed by atoms with van der Waals surface area (Å²) in [7, 11) is 0. The smallest absolute Gasteiger partial charge is 0.0686 e. The zero-order valence-corrected chi connectivity index (χ0v) is 9.87. The number of halogens is 3. The molecule has 3 heteroatoms. The molecular weight excluding hydrogens is 250 g/mol. The predicted octanol–water partition coefficient (Wildman–Crippen LogP) is 5.11. The summed E-state index contributed by atoms with van der Waals surface area (Å²) in [4.78, 5) is 0. The number of rotatable bonds is 1. The monoisotopic (exact) mass is 255 g/mol. The van der Waals surface area contributed by atoms with Crippen LogP contribution < -0.4 is 0 Å². The first-order valence-corrected chi connectivity index (χ1v) is 5.44. The van der Waals surface area contributed by atoms with Gasteiger partial charge in [0.05, 0.1) is 15.1 Å². The minimum atomic E-state index is 0.458. The lowest BCUT2D eigenvalue weighted by molar-refractivity contribution is 1.61. The molecule has 2 aromatic carbocycles. The molecule has 0 unspecified atom stereocenters. The third-order valence-corrected chi connectivity index (χ3v) is 3.12. The molecule has 0 saturated carbocycles. The quantitative estimate of drug-likeness (QED) is 0.622. The van der Waals surface area contributed by atoms with E-state index in [2.05, 4.69) is 6.07 Å². The van der Waals surface area contributed by atoms with E-state index in [0.29, 0.717) is 15.1 Å². The zero-order valence-electron chi connectivity index (χ0n) is 7.60. The van der Waals surface area contributed by atoms with E-state index in [1.165, 1.54) is 0 Å². The van der Waals surface area contributed by atoms with Crippen molar-refractivity contribution in [1.29, 1.82) is 0 Å². The Hall–Kier alpha value is -0.690. The Morgan fingerprint density at radius 2 is 1.60 bits per heavy atom. The maximum atomic E-state index is 6.10. The fourth-order valence-electron chi connectivity index (χ4n) is 1.34. The molecule has 0 aromatic heterocycles. The third-order valence-electron chi connectivity index (χ3n) is 2.04. The largest absolute Gasteiger partial charge is 0.0829 e. The second kappa shape index (κ2) is 4.44. The van der Waals surface area contributed by atoms with Gasteiger partial charge in [0.2, 0.25) is 0 Å². The standard InChI is InChI=1S/C12H6Cl3/c13-9-6-7-10(14)12(15)11(9)8-4-2-1-3-5-8/h1-5,7H. The molecule has 1 radical (unpaired) electrons. The highest BCUT2D eigenvalue weighted by atomic mass is 35.5. The SMILES string of the molecule is Clc1[c]cc(Cl)c(Cl)c1-c1ccccc1. The van der Waals surface area contributed by atoms with Crippen LogP contribution in [-0.2, 0) is 0 Å². The highest BCUT2D eigenvalue weighted by Crippen LogP contribution is 2.38. The van der Waals surface area contributed by atoms with Crippen molar-refractivity contribution in [3.05, 3.63) is 57.5 Å². The van der Waals surface area contributed by atoms with Gasteiger partial charge >= 0.3 is 0 Å². The number of benzene rings is 2. The highest BCUT2D eigenvalue weighted by Gasteiger charge is 2.11. The minimum Gasteiger partial charge on any atom is -0.0829 e. The Morgan fingerprint density at radius 3 is 2.27 bits per heavy atom. The summed E-state index contributed by atoms with van der Waals surface area (Å²) in [5, 5.41) is 1.40. The molecule has 0 saturated heterocycles. The molecule has 2 aromatic rings. The average molecular weight is 257 g/mol. The van der Waals surface area contributed by atoms with E-state index in [4.69, 9.17) is 34.8 Å². The number of hydrogen-bond acceptors (Lipinski definition) is 0. The van der Waals surface area contributed by atoms with Gasteiger partial charge in [0.15, 0.2) is 0 Å². The van der Waals surface area contributed by atoms with Crippen LogP contribution in [0.2, 0.25) is 15.1 Å². The van der Waals surface area contributed by atoms with E-state index in [9.17, 15) is 0 Å². The van der Waals surface area contributed by atoms with E-state index >= 15 is 0 Å². The number of hydrogen-bond donors (Lipinski definition) is 0. The maximum absolute atomic E-state index is 6.10. The van der Waals surface area contributed by atoms with Crippen molar-refractivity contribution in [1.82, 2.24) is 0 Å². The fraction of sp³-hybridized carbons (Fsp3) is 0.